The Labute approximate surface area is 125 Å². The standard InChI is InChI=1S/C16H23N3O2/c1-3-6-11(2)19-10-12(9-15(19)20)16(21)18-14-8-5-4-7-13(14)17/h4-5,7-8,11-12H,3,6,9-10,17H2,1-2H3,(H,18,21). The second-order valence-electron chi connectivity index (χ2n) is 5.66. The number of nitrogen functional groups attached to an aromatic ring is 1. The normalized spacial score (nSPS) is 19.6. The molecule has 114 valence electrons. The zero-order valence-corrected chi connectivity index (χ0v) is 12.6. The van der Waals surface area contributed by atoms with E-state index in [0.717, 1.165) is 12.8 Å². The van der Waals surface area contributed by atoms with Crippen molar-refractivity contribution in [2.75, 3.05) is 17.6 Å². The summed E-state index contributed by atoms with van der Waals surface area (Å²) >= 11 is 0. The summed E-state index contributed by atoms with van der Waals surface area (Å²) in [5.41, 5.74) is 6.96. The number of hydrogen-bond acceptors (Lipinski definition) is 3. The third-order valence-electron chi connectivity index (χ3n) is 3.99. The van der Waals surface area contributed by atoms with Gasteiger partial charge in [-0.3, -0.25) is 9.59 Å². The Hall–Kier alpha value is -2.04. The van der Waals surface area contributed by atoms with Crippen LogP contribution in [0.4, 0.5) is 11.4 Å². The van der Waals surface area contributed by atoms with E-state index < -0.39 is 0 Å². The Balaban J connectivity index is 1.99. The smallest absolute Gasteiger partial charge is 0.229 e. The van der Waals surface area contributed by atoms with Crippen molar-refractivity contribution in [2.24, 2.45) is 5.92 Å². The molecule has 1 aliphatic heterocycles. The molecule has 5 nitrogen and oxygen atoms in total. The molecule has 1 saturated heterocycles. The zero-order chi connectivity index (χ0) is 15.4. The van der Waals surface area contributed by atoms with Gasteiger partial charge in [0.15, 0.2) is 0 Å². The van der Waals surface area contributed by atoms with Gasteiger partial charge in [0, 0.05) is 19.0 Å². The summed E-state index contributed by atoms with van der Waals surface area (Å²) in [6, 6.07) is 7.34. The molecular formula is C16H23N3O2. The molecule has 5 heteroatoms. The lowest BCUT2D eigenvalue weighted by atomic mass is 10.1. The molecule has 0 aliphatic carbocycles. The first-order valence-corrected chi connectivity index (χ1v) is 7.47. The summed E-state index contributed by atoms with van der Waals surface area (Å²) in [5.74, 6) is -0.360. The maximum absolute atomic E-state index is 12.3. The highest BCUT2D eigenvalue weighted by Gasteiger charge is 2.36. The molecule has 0 spiro atoms. The van der Waals surface area contributed by atoms with Crippen molar-refractivity contribution in [1.82, 2.24) is 4.90 Å². The van der Waals surface area contributed by atoms with E-state index >= 15 is 0 Å². The van der Waals surface area contributed by atoms with Crippen LogP contribution in [0.5, 0.6) is 0 Å². The van der Waals surface area contributed by atoms with Crippen molar-refractivity contribution in [3.8, 4) is 0 Å². The summed E-state index contributed by atoms with van der Waals surface area (Å²) in [5, 5.41) is 2.82. The third-order valence-corrected chi connectivity index (χ3v) is 3.99. The first-order chi connectivity index (χ1) is 10.0. The van der Waals surface area contributed by atoms with Gasteiger partial charge in [0.25, 0.3) is 0 Å². The van der Waals surface area contributed by atoms with Crippen molar-refractivity contribution >= 4 is 23.2 Å². The molecule has 1 aliphatic rings. The zero-order valence-electron chi connectivity index (χ0n) is 12.6. The largest absolute Gasteiger partial charge is 0.397 e. The van der Waals surface area contributed by atoms with Crippen molar-refractivity contribution < 1.29 is 9.59 Å². The van der Waals surface area contributed by atoms with Crippen molar-refractivity contribution in [1.29, 1.82) is 0 Å². The number of nitrogens with one attached hydrogen (secondary N) is 1. The SMILES string of the molecule is CCCC(C)N1CC(C(=O)Nc2ccccc2N)CC1=O. The van der Waals surface area contributed by atoms with Gasteiger partial charge in [-0.1, -0.05) is 25.5 Å². The van der Waals surface area contributed by atoms with E-state index in [9.17, 15) is 9.59 Å². The predicted octanol–water partition coefficient (Wildman–Crippen LogP) is 2.24. The monoisotopic (exact) mass is 289 g/mol. The van der Waals surface area contributed by atoms with Crippen LogP contribution in [-0.4, -0.2) is 29.3 Å². The minimum atomic E-state index is -0.295. The molecule has 2 rings (SSSR count). The average molecular weight is 289 g/mol. The first kappa shape index (κ1) is 15.4. The number of benzene rings is 1. The maximum Gasteiger partial charge on any atom is 0.229 e. The Kier molecular flexibility index (Phi) is 4.83. The molecule has 0 aromatic heterocycles. The summed E-state index contributed by atoms with van der Waals surface area (Å²) < 4.78 is 0. The van der Waals surface area contributed by atoms with Gasteiger partial charge in [0.2, 0.25) is 11.8 Å². The number of hydrogen-bond donors (Lipinski definition) is 2. The molecule has 2 atom stereocenters. The molecule has 1 fully saturated rings. The van der Waals surface area contributed by atoms with E-state index in [0.29, 0.717) is 17.9 Å². The van der Waals surface area contributed by atoms with Crippen molar-refractivity contribution in [2.45, 2.75) is 39.2 Å². The molecule has 0 saturated carbocycles. The van der Waals surface area contributed by atoms with Gasteiger partial charge >= 0.3 is 0 Å². The van der Waals surface area contributed by atoms with Gasteiger partial charge < -0.3 is 16.0 Å². The van der Waals surface area contributed by atoms with Crippen LogP contribution >= 0.6 is 0 Å². The lowest BCUT2D eigenvalue weighted by Gasteiger charge is -2.24. The van der Waals surface area contributed by atoms with Crippen molar-refractivity contribution in [3.05, 3.63) is 24.3 Å². The fourth-order valence-electron chi connectivity index (χ4n) is 2.75. The maximum atomic E-state index is 12.3. The van der Waals surface area contributed by atoms with Gasteiger partial charge in [-0.2, -0.15) is 0 Å². The molecule has 21 heavy (non-hydrogen) atoms. The molecule has 1 aromatic rings. The van der Waals surface area contributed by atoms with Crippen LogP contribution in [0, 0.1) is 5.92 Å². The molecule has 2 unspecified atom stereocenters. The van der Waals surface area contributed by atoms with Crippen LogP contribution in [0.2, 0.25) is 0 Å². The lowest BCUT2D eigenvalue weighted by molar-refractivity contribution is -0.129. The number of para-hydroxylation sites is 2. The minimum absolute atomic E-state index is 0.0668. The van der Waals surface area contributed by atoms with Gasteiger partial charge in [-0.05, 0) is 25.5 Å². The fraction of sp³-hybridized carbons (Fsp3) is 0.500. The van der Waals surface area contributed by atoms with Crippen LogP contribution in [-0.2, 0) is 9.59 Å². The minimum Gasteiger partial charge on any atom is -0.397 e. The first-order valence-electron chi connectivity index (χ1n) is 7.47. The van der Waals surface area contributed by atoms with E-state index in [2.05, 4.69) is 12.2 Å². The molecule has 0 radical (unpaired) electrons. The van der Waals surface area contributed by atoms with E-state index in [1.807, 2.05) is 24.0 Å². The molecule has 1 heterocycles. The van der Waals surface area contributed by atoms with Crippen molar-refractivity contribution in [3.63, 3.8) is 0 Å². The number of nitrogens with two attached hydrogens (primary N) is 1. The molecule has 2 amide bonds. The van der Waals surface area contributed by atoms with Crippen LogP contribution in [0.3, 0.4) is 0 Å². The number of amides is 2. The number of likely N-dealkylation sites (tertiary alicyclic amines) is 1. The molecular weight excluding hydrogens is 266 g/mol. The molecule has 3 N–H and O–H groups in total. The number of rotatable bonds is 5. The summed E-state index contributed by atoms with van der Waals surface area (Å²) in [7, 11) is 0. The second kappa shape index (κ2) is 6.61. The van der Waals surface area contributed by atoms with Crippen LogP contribution in [0.1, 0.15) is 33.1 Å². The van der Waals surface area contributed by atoms with Gasteiger partial charge in [0.05, 0.1) is 17.3 Å². The van der Waals surface area contributed by atoms with Gasteiger partial charge in [-0.25, -0.2) is 0 Å². The number of anilines is 2. The highest BCUT2D eigenvalue weighted by Crippen LogP contribution is 2.24. The van der Waals surface area contributed by atoms with Gasteiger partial charge in [0.1, 0.15) is 0 Å². The third kappa shape index (κ3) is 3.54. The number of nitrogens with zero attached hydrogens (tertiary/aromatic N) is 1. The Morgan fingerprint density at radius 3 is 2.86 bits per heavy atom. The van der Waals surface area contributed by atoms with Crippen LogP contribution < -0.4 is 11.1 Å². The van der Waals surface area contributed by atoms with Crippen LogP contribution in [0.15, 0.2) is 24.3 Å². The Morgan fingerprint density at radius 1 is 1.48 bits per heavy atom. The topological polar surface area (TPSA) is 75.4 Å². The lowest BCUT2D eigenvalue weighted by Crippen LogP contribution is -2.35. The highest BCUT2D eigenvalue weighted by molar-refractivity contribution is 5.99. The Bertz CT molecular complexity index is 530. The second-order valence-corrected chi connectivity index (χ2v) is 5.66. The highest BCUT2D eigenvalue weighted by atomic mass is 16.2. The fourth-order valence-corrected chi connectivity index (χ4v) is 2.75. The molecule has 1 aromatic carbocycles. The molecule has 0 bridgehead atoms. The summed E-state index contributed by atoms with van der Waals surface area (Å²) in [4.78, 5) is 26.2. The number of carbonyl (C=O) groups is 2. The predicted molar refractivity (Wildman–Crippen MR) is 83.7 cm³/mol. The van der Waals surface area contributed by atoms with E-state index in [4.69, 9.17) is 5.73 Å². The van der Waals surface area contributed by atoms with Gasteiger partial charge in [-0.15, -0.1) is 0 Å². The number of carbonyl (C=O) groups excluding carboxylic acids is 2. The average Bonchev–Trinajstić information content (AvgIpc) is 2.84. The summed E-state index contributed by atoms with van der Waals surface area (Å²) in [6.45, 7) is 4.63. The van der Waals surface area contributed by atoms with E-state index in [1.54, 1.807) is 12.1 Å². The Morgan fingerprint density at radius 2 is 2.19 bits per heavy atom. The van der Waals surface area contributed by atoms with Crippen LogP contribution in [0.25, 0.3) is 0 Å². The van der Waals surface area contributed by atoms with E-state index in [-0.39, 0.29) is 30.2 Å². The van der Waals surface area contributed by atoms with E-state index in [1.165, 1.54) is 0 Å². The quantitative estimate of drug-likeness (QED) is 0.816. The summed E-state index contributed by atoms with van der Waals surface area (Å²) in [6.07, 6.45) is 2.28.